The van der Waals surface area contributed by atoms with Crippen LogP contribution >= 0.6 is 11.3 Å². The number of hydrogen-bond acceptors (Lipinski definition) is 4. The maximum absolute atomic E-state index is 4.98. The van der Waals surface area contributed by atoms with Crippen molar-refractivity contribution in [1.29, 1.82) is 0 Å². The van der Waals surface area contributed by atoms with E-state index >= 15 is 0 Å². The minimum absolute atomic E-state index is 0.663. The molecule has 2 heterocycles. The molecule has 0 fully saturated rings. The van der Waals surface area contributed by atoms with Crippen molar-refractivity contribution in [3.05, 3.63) is 212 Å². The monoisotopic (exact) mass is 793 g/mol. The highest BCUT2D eigenvalue weighted by atomic mass is 32.1. The molecule has 0 radical (unpaired) electrons. The van der Waals surface area contributed by atoms with Gasteiger partial charge in [-0.1, -0.05) is 182 Å². The maximum atomic E-state index is 4.98. The van der Waals surface area contributed by atoms with Crippen molar-refractivity contribution in [2.45, 2.75) is 0 Å². The summed E-state index contributed by atoms with van der Waals surface area (Å²) in [7, 11) is 0. The summed E-state index contributed by atoms with van der Waals surface area (Å²) in [5, 5.41) is 10.2. The number of fused-ring (bicyclic) bond motifs is 9. The van der Waals surface area contributed by atoms with Crippen molar-refractivity contribution >= 4 is 63.8 Å². The lowest BCUT2D eigenvalue weighted by atomic mass is 9.91. The van der Waals surface area contributed by atoms with Crippen molar-refractivity contribution in [2.24, 2.45) is 0 Å². The maximum Gasteiger partial charge on any atom is 0.164 e. The molecule has 284 valence electrons. The normalized spacial score (nSPS) is 11.6. The zero-order chi connectivity index (χ0) is 40.3. The molecule has 0 aliphatic heterocycles. The van der Waals surface area contributed by atoms with Crippen molar-refractivity contribution in [3.8, 4) is 67.5 Å². The van der Waals surface area contributed by atoms with Crippen LogP contribution in [0.2, 0.25) is 0 Å². The van der Waals surface area contributed by atoms with Crippen molar-refractivity contribution in [1.82, 2.24) is 15.0 Å². The first-order valence-electron chi connectivity index (χ1n) is 20.6. The highest BCUT2D eigenvalue weighted by molar-refractivity contribution is 7.25. The Kier molecular flexibility index (Phi) is 8.36. The largest absolute Gasteiger partial charge is 0.208 e. The molecule has 0 bridgehead atoms. The summed E-state index contributed by atoms with van der Waals surface area (Å²) in [6.07, 6.45) is 0. The third-order valence-corrected chi connectivity index (χ3v) is 13.0. The Hall–Kier alpha value is -7.79. The molecule has 3 nitrogen and oxygen atoms in total. The van der Waals surface area contributed by atoms with E-state index in [1.165, 1.54) is 85.9 Å². The molecule has 0 atom stereocenters. The predicted octanol–water partition coefficient (Wildman–Crippen LogP) is 15.7. The molecule has 61 heavy (non-hydrogen) atoms. The van der Waals surface area contributed by atoms with Gasteiger partial charge in [0, 0.05) is 36.9 Å². The molecular formula is C57H35N3S. The van der Waals surface area contributed by atoms with E-state index < -0.39 is 0 Å². The van der Waals surface area contributed by atoms with Gasteiger partial charge in [-0.15, -0.1) is 11.3 Å². The van der Waals surface area contributed by atoms with E-state index in [-0.39, 0.29) is 0 Å². The van der Waals surface area contributed by atoms with Crippen molar-refractivity contribution in [3.63, 3.8) is 0 Å². The Labute approximate surface area is 356 Å². The van der Waals surface area contributed by atoms with Gasteiger partial charge in [-0.25, -0.2) is 15.0 Å². The summed E-state index contributed by atoms with van der Waals surface area (Å²) in [5.41, 5.74) is 10.1. The van der Waals surface area contributed by atoms with Crippen LogP contribution in [-0.4, -0.2) is 15.0 Å². The Morgan fingerprint density at radius 3 is 1.03 bits per heavy atom. The topological polar surface area (TPSA) is 38.7 Å². The van der Waals surface area contributed by atoms with E-state index in [0.717, 1.165) is 16.7 Å². The van der Waals surface area contributed by atoms with Gasteiger partial charge in [0.2, 0.25) is 0 Å². The van der Waals surface area contributed by atoms with Gasteiger partial charge in [-0.05, 0) is 96.0 Å². The number of hydrogen-bond donors (Lipinski definition) is 0. The Morgan fingerprint density at radius 2 is 0.541 bits per heavy atom. The Morgan fingerprint density at radius 1 is 0.213 bits per heavy atom. The van der Waals surface area contributed by atoms with E-state index in [4.69, 9.17) is 15.0 Å². The zero-order valence-corrected chi connectivity index (χ0v) is 33.8. The van der Waals surface area contributed by atoms with E-state index in [2.05, 4.69) is 152 Å². The molecule has 12 aromatic rings. The smallest absolute Gasteiger partial charge is 0.164 e. The molecule has 0 N–H and O–H groups in total. The molecule has 0 aliphatic carbocycles. The molecule has 2 aromatic heterocycles. The summed E-state index contributed by atoms with van der Waals surface area (Å²) < 4.78 is 2.45. The lowest BCUT2D eigenvalue weighted by molar-refractivity contribution is 1.07. The summed E-state index contributed by atoms with van der Waals surface area (Å²) in [6, 6.07) is 76.1. The summed E-state index contributed by atoms with van der Waals surface area (Å²) >= 11 is 1.81. The van der Waals surface area contributed by atoms with Crippen LogP contribution in [0.5, 0.6) is 0 Å². The number of rotatable bonds is 6. The fourth-order valence-corrected chi connectivity index (χ4v) is 10.1. The average molecular weight is 794 g/mol. The Bertz CT molecular complexity index is 3560. The molecule has 10 aromatic carbocycles. The quantitative estimate of drug-likeness (QED) is 0.157. The molecule has 0 saturated heterocycles. The molecule has 0 unspecified atom stereocenters. The Balaban J connectivity index is 0.886. The molecule has 0 saturated carbocycles. The zero-order valence-electron chi connectivity index (χ0n) is 33.0. The minimum Gasteiger partial charge on any atom is -0.208 e. The first-order chi connectivity index (χ1) is 30.2. The van der Waals surface area contributed by atoms with Gasteiger partial charge in [0.1, 0.15) is 0 Å². The first-order valence-corrected chi connectivity index (χ1v) is 21.4. The minimum atomic E-state index is 0.663. The third-order valence-electron chi connectivity index (χ3n) is 11.9. The lowest BCUT2D eigenvalue weighted by Gasteiger charge is -2.13. The first kappa shape index (κ1) is 35.2. The highest BCUT2D eigenvalue weighted by Crippen LogP contribution is 2.40. The number of benzene rings is 10. The van der Waals surface area contributed by atoms with E-state index in [1.807, 2.05) is 72.0 Å². The van der Waals surface area contributed by atoms with E-state index in [9.17, 15) is 0 Å². The van der Waals surface area contributed by atoms with Crippen LogP contribution in [-0.2, 0) is 0 Å². The average Bonchev–Trinajstić information content (AvgIpc) is 3.72. The third kappa shape index (κ3) is 6.24. The molecule has 0 spiro atoms. The number of thiophene rings is 1. The molecule has 12 rings (SSSR count). The lowest BCUT2D eigenvalue weighted by Crippen LogP contribution is -1.99. The van der Waals surface area contributed by atoms with Crippen molar-refractivity contribution < 1.29 is 0 Å². The van der Waals surface area contributed by atoms with Crippen LogP contribution in [0.15, 0.2) is 212 Å². The van der Waals surface area contributed by atoms with Gasteiger partial charge in [-0.3, -0.25) is 0 Å². The fraction of sp³-hybridized carbons (Fsp3) is 0. The second-order valence-electron chi connectivity index (χ2n) is 15.6. The van der Waals surface area contributed by atoms with Gasteiger partial charge in [0.05, 0.1) is 0 Å². The predicted molar refractivity (Wildman–Crippen MR) is 258 cm³/mol. The van der Waals surface area contributed by atoms with Gasteiger partial charge in [-0.2, -0.15) is 0 Å². The molecule has 0 amide bonds. The van der Waals surface area contributed by atoms with Crippen LogP contribution in [0.4, 0.5) is 0 Å². The van der Waals surface area contributed by atoms with Gasteiger partial charge in [0.25, 0.3) is 0 Å². The number of aromatic nitrogens is 3. The van der Waals surface area contributed by atoms with Gasteiger partial charge < -0.3 is 0 Å². The standard InChI is InChI=1S/C57H35N3S/c1-3-13-36(14-4-1)55-58-56(37-15-5-2-6-16-37)60-57(59-55)44-27-30-51-50-29-26-43(34-53(50)61-54(51)35-44)41-20-12-18-39(32-41)38-17-11-19-40(31-38)42-25-28-49-47-23-8-7-21-45(47)46-22-9-10-24-48(46)52(49)33-42/h1-35H. The summed E-state index contributed by atoms with van der Waals surface area (Å²) in [4.78, 5) is 14.9. The SMILES string of the molecule is c1ccc(-c2nc(-c3ccccc3)nc(-c3ccc4c(c3)sc3cc(-c5cccc(-c6cccc(-c7ccc8c9ccccc9c9ccccc9c8c7)c6)c5)ccc34)n2)cc1. The van der Waals surface area contributed by atoms with Crippen LogP contribution in [0, 0.1) is 0 Å². The van der Waals surface area contributed by atoms with Crippen LogP contribution in [0.1, 0.15) is 0 Å². The summed E-state index contributed by atoms with van der Waals surface area (Å²) in [5.74, 6) is 1.99. The van der Waals surface area contributed by atoms with Crippen LogP contribution < -0.4 is 0 Å². The van der Waals surface area contributed by atoms with Gasteiger partial charge >= 0.3 is 0 Å². The number of nitrogens with zero attached hydrogens (tertiary/aromatic N) is 3. The van der Waals surface area contributed by atoms with Crippen molar-refractivity contribution in [2.75, 3.05) is 0 Å². The molecule has 0 aliphatic rings. The highest BCUT2D eigenvalue weighted by Gasteiger charge is 2.15. The second kappa shape index (κ2) is 14.5. The van der Waals surface area contributed by atoms with E-state index in [1.54, 1.807) is 0 Å². The summed E-state index contributed by atoms with van der Waals surface area (Å²) in [6.45, 7) is 0. The van der Waals surface area contributed by atoms with Gasteiger partial charge in [0.15, 0.2) is 17.5 Å². The second-order valence-corrected chi connectivity index (χ2v) is 16.7. The van der Waals surface area contributed by atoms with Crippen LogP contribution in [0.25, 0.3) is 120 Å². The molecule has 4 heteroatoms. The van der Waals surface area contributed by atoms with Crippen LogP contribution in [0.3, 0.4) is 0 Å². The fourth-order valence-electron chi connectivity index (χ4n) is 8.88. The molecular weight excluding hydrogens is 759 g/mol. The van der Waals surface area contributed by atoms with E-state index in [0.29, 0.717) is 17.5 Å².